The van der Waals surface area contributed by atoms with Crippen LogP contribution in [0.25, 0.3) is 10.8 Å². The van der Waals surface area contributed by atoms with Crippen LogP contribution >= 0.6 is 0 Å². The topological polar surface area (TPSA) is 33.2 Å². The van der Waals surface area contributed by atoms with Gasteiger partial charge in [-0.3, -0.25) is 9.78 Å². The quantitative estimate of drug-likeness (QED) is 0.727. The largest absolute Gasteiger partial charge is 0.310 e. The summed E-state index contributed by atoms with van der Waals surface area (Å²) in [6.07, 6.45) is 5.17. The van der Waals surface area contributed by atoms with Gasteiger partial charge in [0, 0.05) is 29.9 Å². The first-order chi connectivity index (χ1) is 11.8. The molecule has 120 valence electrons. The highest BCUT2D eigenvalue weighted by Gasteiger charge is 2.25. The van der Waals surface area contributed by atoms with Crippen LogP contribution in [-0.4, -0.2) is 17.4 Å². The fourth-order valence-corrected chi connectivity index (χ4v) is 3.47. The average molecular weight is 316 g/mol. The third-order valence-electron chi connectivity index (χ3n) is 4.69. The molecule has 2 heterocycles. The van der Waals surface area contributed by atoms with Gasteiger partial charge in [-0.05, 0) is 24.8 Å². The Bertz CT molecular complexity index is 873. The van der Waals surface area contributed by atoms with Crippen molar-refractivity contribution in [3.05, 3.63) is 72.1 Å². The van der Waals surface area contributed by atoms with E-state index in [9.17, 15) is 4.79 Å². The summed E-state index contributed by atoms with van der Waals surface area (Å²) in [6.45, 7) is 0.788. The van der Waals surface area contributed by atoms with Gasteiger partial charge >= 0.3 is 0 Å². The average Bonchev–Trinajstić information content (AvgIpc) is 2.66. The van der Waals surface area contributed by atoms with Crippen LogP contribution in [0, 0.1) is 0 Å². The minimum Gasteiger partial charge on any atom is -0.310 e. The molecular formula is C21H20N2O. The van der Waals surface area contributed by atoms with Crippen molar-refractivity contribution in [3.8, 4) is 0 Å². The van der Waals surface area contributed by atoms with E-state index in [0.717, 1.165) is 48.0 Å². The zero-order valence-electron chi connectivity index (χ0n) is 13.6. The molecule has 0 radical (unpaired) electrons. The molecule has 1 aliphatic rings. The standard InChI is InChI=1S/C21H20N2O/c24-20(13-12-16-7-2-1-3-8-16)23-14-6-11-19-21(23)18-10-5-4-9-17(18)15-22-19/h1-5,7-10,15H,6,11-14H2. The minimum absolute atomic E-state index is 0.193. The molecule has 0 N–H and O–H groups in total. The second-order valence-corrected chi connectivity index (χ2v) is 6.28. The van der Waals surface area contributed by atoms with Crippen LogP contribution in [0.4, 0.5) is 5.69 Å². The van der Waals surface area contributed by atoms with E-state index < -0.39 is 0 Å². The molecule has 0 bridgehead atoms. The lowest BCUT2D eigenvalue weighted by Gasteiger charge is -2.30. The SMILES string of the molecule is O=C(CCc1ccccc1)N1CCCc2ncc3ccccc3c21. The molecule has 0 spiro atoms. The predicted octanol–water partition coefficient (Wildman–Crippen LogP) is 4.15. The maximum Gasteiger partial charge on any atom is 0.227 e. The molecule has 3 heteroatoms. The van der Waals surface area contributed by atoms with E-state index in [-0.39, 0.29) is 5.91 Å². The Morgan fingerprint density at radius 3 is 2.71 bits per heavy atom. The number of pyridine rings is 1. The van der Waals surface area contributed by atoms with Crippen LogP contribution in [0.15, 0.2) is 60.8 Å². The van der Waals surface area contributed by atoms with E-state index in [1.54, 1.807) is 0 Å². The second-order valence-electron chi connectivity index (χ2n) is 6.28. The van der Waals surface area contributed by atoms with Gasteiger partial charge in [-0.15, -0.1) is 0 Å². The molecule has 2 aromatic carbocycles. The molecule has 3 nitrogen and oxygen atoms in total. The van der Waals surface area contributed by atoms with Crippen LogP contribution in [-0.2, 0) is 17.6 Å². The minimum atomic E-state index is 0.193. The van der Waals surface area contributed by atoms with E-state index in [2.05, 4.69) is 29.2 Å². The Hall–Kier alpha value is -2.68. The Morgan fingerprint density at radius 2 is 1.83 bits per heavy atom. The number of carbonyl (C=O) groups is 1. The number of fused-ring (bicyclic) bond motifs is 3. The summed E-state index contributed by atoms with van der Waals surface area (Å²) in [7, 11) is 0. The van der Waals surface area contributed by atoms with Gasteiger partial charge in [0.2, 0.25) is 5.91 Å². The van der Waals surface area contributed by atoms with Gasteiger partial charge < -0.3 is 4.90 Å². The normalized spacial score (nSPS) is 13.8. The van der Waals surface area contributed by atoms with Gasteiger partial charge in [0.25, 0.3) is 0 Å². The third-order valence-corrected chi connectivity index (χ3v) is 4.69. The summed E-state index contributed by atoms with van der Waals surface area (Å²) < 4.78 is 0. The number of hydrogen-bond acceptors (Lipinski definition) is 2. The van der Waals surface area contributed by atoms with E-state index >= 15 is 0 Å². The highest BCUT2D eigenvalue weighted by molar-refractivity contribution is 6.04. The number of rotatable bonds is 3. The summed E-state index contributed by atoms with van der Waals surface area (Å²) in [5.74, 6) is 0.193. The van der Waals surface area contributed by atoms with Crippen molar-refractivity contribution in [2.45, 2.75) is 25.7 Å². The van der Waals surface area contributed by atoms with Crippen LogP contribution in [0.2, 0.25) is 0 Å². The molecule has 0 aliphatic carbocycles. The van der Waals surface area contributed by atoms with Gasteiger partial charge in [-0.2, -0.15) is 0 Å². The molecule has 3 aromatic rings. The Balaban J connectivity index is 1.63. The monoisotopic (exact) mass is 316 g/mol. The van der Waals surface area contributed by atoms with Crippen LogP contribution in [0.5, 0.6) is 0 Å². The Kier molecular flexibility index (Phi) is 3.99. The number of benzene rings is 2. The van der Waals surface area contributed by atoms with Crippen molar-refractivity contribution in [2.24, 2.45) is 0 Å². The van der Waals surface area contributed by atoms with E-state index in [1.807, 2.05) is 41.4 Å². The van der Waals surface area contributed by atoms with Crippen molar-refractivity contribution < 1.29 is 4.79 Å². The molecule has 1 amide bonds. The third kappa shape index (κ3) is 2.78. The van der Waals surface area contributed by atoms with Crippen LogP contribution in [0.3, 0.4) is 0 Å². The molecule has 0 unspecified atom stereocenters. The lowest BCUT2D eigenvalue weighted by atomic mass is 10.0. The van der Waals surface area contributed by atoms with Gasteiger partial charge in [0.05, 0.1) is 11.4 Å². The smallest absolute Gasteiger partial charge is 0.227 e. The first kappa shape index (κ1) is 14.9. The lowest BCUT2D eigenvalue weighted by molar-refractivity contribution is -0.118. The number of nitrogens with zero attached hydrogens (tertiary/aromatic N) is 2. The van der Waals surface area contributed by atoms with Crippen molar-refractivity contribution in [1.29, 1.82) is 0 Å². The molecule has 1 aliphatic heterocycles. The van der Waals surface area contributed by atoms with Crippen LogP contribution < -0.4 is 4.90 Å². The number of aryl methyl sites for hydroxylation is 2. The highest BCUT2D eigenvalue weighted by Crippen LogP contribution is 2.33. The number of anilines is 1. The molecular weight excluding hydrogens is 296 g/mol. The van der Waals surface area contributed by atoms with Crippen molar-refractivity contribution in [3.63, 3.8) is 0 Å². The van der Waals surface area contributed by atoms with Gasteiger partial charge in [-0.1, -0.05) is 54.6 Å². The zero-order valence-corrected chi connectivity index (χ0v) is 13.6. The number of amides is 1. The van der Waals surface area contributed by atoms with Gasteiger partial charge in [-0.25, -0.2) is 0 Å². The number of carbonyl (C=O) groups excluding carboxylic acids is 1. The molecule has 1 aromatic heterocycles. The summed E-state index contributed by atoms with van der Waals surface area (Å²) in [6, 6.07) is 18.4. The summed E-state index contributed by atoms with van der Waals surface area (Å²) in [5, 5.41) is 2.23. The molecule has 0 atom stereocenters. The van der Waals surface area contributed by atoms with Crippen molar-refractivity contribution >= 4 is 22.4 Å². The molecule has 4 rings (SSSR count). The Morgan fingerprint density at radius 1 is 1.04 bits per heavy atom. The van der Waals surface area contributed by atoms with Crippen molar-refractivity contribution in [2.75, 3.05) is 11.4 Å². The zero-order chi connectivity index (χ0) is 16.4. The summed E-state index contributed by atoms with van der Waals surface area (Å²) >= 11 is 0. The second kappa shape index (κ2) is 6.44. The molecule has 0 saturated carbocycles. The van der Waals surface area contributed by atoms with Crippen molar-refractivity contribution in [1.82, 2.24) is 4.98 Å². The number of aromatic nitrogens is 1. The molecule has 24 heavy (non-hydrogen) atoms. The molecule has 0 saturated heterocycles. The summed E-state index contributed by atoms with van der Waals surface area (Å²) in [5.41, 5.74) is 3.28. The maximum atomic E-state index is 12.9. The molecule has 0 fully saturated rings. The fraction of sp³-hybridized carbons (Fsp3) is 0.238. The first-order valence-corrected chi connectivity index (χ1v) is 8.54. The Labute approximate surface area is 141 Å². The highest BCUT2D eigenvalue weighted by atomic mass is 16.2. The fourth-order valence-electron chi connectivity index (χ4n) is 3.47. The van der Waals surface area contributed by atoms with E-state index in [1.165, 1.54) is 5.56 Å². The van der Waals surface area contributed by atoms with Gasteiger partial charge in [0.1, 0.15) is 0 Å². The van der Waals surface area contributed by atoms with E-state index in [0.29, 0.717) is 6.42 Å². The summed E-state index contributed by atoms with van der Waals surface area (Å²) in [4.78, 5) is 19.4. The van der Waals surface area contributed by atoms with Crippen LogP contribution in [0.1, 0.15) is 24.1 Å². The predicted molar refractivity (Wildman–Crippen MR) is 97.2 cm³/mol. The maximum absolute atomic E-state index is 12.9. The first-order valence-electron chi connectivity index (χ1n) is 8.54. The van der Waals surface area contributed by atoms with Gasteiger partial charge in [0.15, 0.2) is 0 Å². The lowest BCUT2D eigenvalue weighted by Crippen LogP contribution is -2.36. The van der Waals surface area contributed by atoms with E-state index in [4.69, 9.17) is 0 Å². The number of hydrogen-bond donors (Lipinski definition) is 0.